The van der Waals surface area contributed by atoms with Gasteiger partial charge in [-0.1, -0.05) is 25.4 Å². The van der Waals surface area contributed by atoms with Crippen molar-refractivity contribution in [3.8, 4) is 0 Å². The van der Waals surface area contributed by atoms with Crippen LogP contribution in [0.5, 0.6) is 0 Å². The molecule has 1 N–H and O–H groups in total. The topological polar surface area (TPSA) is 41.1 Å². The van der Waals surface area contributed by atoms with Crippen LogP contribution in [0.25, 0.3) is 0 Å². The summed E-state index contributed by atoms with van der Waals surface area (Å²) in [5.74, 6) is 2.02. The summed E-state index contributed by atoms with van der Waals surface area (Å²) in [7, 11) is 0. The molecule has 2 aliphatic rings. The second-order valence-electron chi connectivity index (χ2n) is 6.36. The Hall–Kier alpha value is -0.870. The average molecular weight is 295 g/mol. The van der Waals surface area contributed by atoms with Crippen LogP contribution < -0.4 is 5.32 Å². The van der Waals surface area contributed by atoms with Crippen molar-refractivity contribution in [3.05, 3.63) is 16.5 Å². The van der Waals surface area contributed by atoms with Crippen LogP contribution in [-0.2, 0) is 0 Å². The van der Waals surface area contributed by atoms with Gasteiger partial charge in [-0.15, -0.1) is 0 Å². The van der Waals surface area contributed by atoms with E-state index in [4.69, 9.17) is 11.6 Å². The van der Waals surface area contributed by atoms with E-state index in [0.29, 0.717) is 17.1 Å². The fraction of sp³-hybridized carbons (Fsp3) is 0.733. The molecule has 1 aromatic rings. The first kappa shape index (κ1) is 14.1. The molecule has 4 nitrogen and oxygen atoms in total. The highest BCUT2D eigenvalue weighted by molar-refractivity contribution is 6.30. The third-order valence-electron chi connectivity index (χ3n) is 4.24. The number of hydrogen-bond acceptors (Lipinski definition) is 4. The van der Waals surface area contributed by atoms with Crippen molar-refractivity contribution >= 4 is 17.4 Å². The lowest BCUT2D eigenvalue weighted by Gasteiger charge is -2.18. The molecule has 110 valence electrons. The minimum Gasteiger partial charge on any atom is -0.366 e. The predicted octanol–water partition coefficient (Wildman–Crippen LogP) is 3.21. The highest BCUT2D eigenvalue weighted by Crippen LogP contribution is 2.31. The molecule has 1 saturated carbocycles. The van der Waals surface area contributed by atoms with Crippen LogP contribution >= 0.6 is 11.6 Å². The van der Waals surface area contributed by atoms with E-state index in [2.05, 4.69) is 34.0 Å². The standard InChI is InChI=1S/C15H23ClN4/c1-9(2)14-18-13(16)10(3)15(19-14)17-11-6-7-20(8-11)12-4-5-12/h9,11-12H,4-8H2,1-3H3,(H,17,18,19). The number of anilines is 1. The molecular weight excluding hydrogens is 272 g/mol. The summed E-state index contributed by atoms with van der Waals surface area (Å²) in [5, 5.41) is 4.15. The molecule has 1 saturated heterocycles. The van der Waals surface area contributed by atoms with E-state index in [9.17, 15) is 0 Å². The summed E-state index contributed by atoms with van der Waals surface area (Å²) < 4.78 is 0. The number of likely N-dealkylation sites (tertiary alicyclic amines) is 1. The van der Waals surface area contributed by atoms with Crippen LogP contribution in [0.4, 0.5) is 5.82 Å². The highest BCUT2D eigenvalue weighted by atomic mass is 35.5. The van der Waals surface area contributed by atoms with Gasteiger partial charge >= 0.3 is 0 Å². The Labute approximate surface area is 125 Å². The smallest absolute Gasteiger partial charge is 0.137 e. The lowest BCUT2D eigenvalue weighted by atomic mass is 10.2. The molecule has 0 bridgehead atoms. The van der Waals surface area contributed by atoms with Crippen molar-refractivity contribution in [1.82, 2.24) is 14.9 Å². The quantitative estimate of drug-likeness (QED) is 0.866. The van der Waals surface area contributed by atoms with Gasteiger partial charge in [-0.05, 0) is 26.2 Å². The van der Waals surface area contributed by atoms with Crippen LogP contribution in [0.3, 0.4) is 0 Å². The Balaban J connectivity index is 1.73. The van der Waals surface area contributed by atoms with Crippen LogP contribution in [-0.4, -0.2) is 40.0 Å². The lowest BCUT2D eigenvalue weighted by Crippen LogP contribution is -2.28. The van der Waals surface area contributed by atoms with Crippen LogP contribution in [0.1, 0.15) is 50.4 Å². The van der Waals surface area contributed by atoms with E-state index in [0.717, 1.165) is 29.8 Å². The SMILES string of the molecule is Cc1c(Cl)nc(C(C)C)nc1NC1CCN(C2CC2)C1. The third kappa shape index (κ3) is 2.91. The van der Waals surface area contributed by atoms with Crippen molar-refractivity contribution < 1.29 is 0 Å². The molecule has 1 aliphatic carbocycles. The van der Waals surface area contributed by atoms with Gasteiger partial charge in [-0.3, -0.25) is 4.90 Å². The van der Waals surface area contributed by atoms with Gasteiger partial charge < -0.3 is 5.32 Å². The largest absolute Gasteiger partial charge is 0.366 e. The van der Waals surface area contributed by atoms with E-state index in [1.54, 1.807) is 0 Å². The lowest BCUT2D eigenvalue weighted by molar-refractivity contribution is 0.326. The number of nitrogens with zero attached hydrogens (tertiary/aromatic N) is 3. The maximum absolute atomic E-state index is 6.24. The van der Waals surface area contributed by atoms with Gasteiger partial charge in [0.25, 0.3) is 0 Å². The zero-order chi connectivity index (χ0) is 14.3. The normalized spacial score (nSPS) is 23.6. The molecule has 3 rings (SSSR count). The Morgan fingerprint density at radius 2 is 2.00 bits per heavy atom. The summed E-state index contributed by atoms with van der Waals surface area (Å²) >= 11 is 6.24. The summed E-state index contributed by atoms with van der Waals surface area (Å²) in [5.41, 5.74) is 0.959. The van der Waals surface area contributed by atoms with Gasteiger partial charge in [0.15, 0.2) is 0 Å². The van der Waals surface area contributed by atoms with Crippen molar-refractivity contribution in [2.24, 2.45) is 0 Å². The molecule has 1 aromatic heterocycles. The van der Waals surface area contributed by atoms with Crippen LogP contribution in [0, 0.1) is 6.92 Å². The van der Waals surface area contributed by atoms with E-state index < -0.39 is 0 Å². The molecule has 1 unspecified atom stereocenters. The van der Waals surface area contributed by atoms with E-state index >= 15 is 0 Å². The van der Waals surface area contributed by atoms with Gasteiger partial charge in [-0.2, -0.15) is 0 Å². The second-order valence-corrected chi connectivity index (χ2v) is 6.71. The van der Waals surface area contributed by atoms with Crippen molar-refractivity contribution in [1.29, 1.82) is 0 Å². The maximum atomic E-state index is 6.24. The maximum Gasteiger partial charge on any atom is 0.137 e. The van der Waals surface area contributed by atoms with Crippen LogP contribution in [0.2, 0.25) is 5.15 Å². The molecule has 0 aromatic carbocycles. The number of hydrogen-bond donors (Lipinski definition) is 1. The number of rotatable bonds is 4. The fourth-order valence-corrected chi connectivity index (χ4v) is 2.95. The molecule has 20 heavy (non-hydrogen) atoms. The Morgan fingerprint density at radius 3 is 2.65 bits per heavy atom. The Kier molecular flexibility index (Phi) is 3.87. The van der Waals surface area contributed by atoms with Crippen LogP contribution in [0.15, 0.2) is 0 Å². The first-order chi connectivity index (χ1) is 9.54. The minimum absolute atomic E-state index is 0.292. The third-order valence-corrected chi connectivity index (χ3v) is 4.61. The molecule has 0 radical (unpaired) electrons. The molecule has 0 amide bonds. The van der Waals surface area contributed by atoms with E-state index in [-0.39, 0.29) is 0 Å². The number of nitrogens with one attached hydrogen (secondary N) is 1. The molecule has 0 spiro atoms. The molecule has 5 heteroatoms. The van der Waals surface area contributed by atoms with Gasteiger partial charge in [0.05, 0.1) is 0 Å². The van der Waals surface area contributed by atoms with Gasteiger partial charge in [-0.25, -0.2) is 9.97 Å². The van der Waals surface area contributed by atoms with Crippen molar-refractivity contribution in [2.45, 2.75) is 58.0 Å². The second kappa shape index (κ2) is 5.49. The number of aromatic nitrogens is 2. The summed E-state index contributed by atoms with van der Waals surface area (Å²) in [6.07, 6.45) is 3.94. The predicted molar refractivity (Wildman–Crippen MR) is 82.5 cm³/mol. The zero-order valence-corrected chi connectivity index (χ0v) is 13.2. The van der Waals surface area contributed by atoms with E-state index in [1.807, 2.05) is 6.92 Å². The van der Waals surface area contributed by atoms with E-state index in [1.165, 1.54) is 25.8 Å². The van der Waals surface area contributed by atoms with Crippen molar-refractivity contribution in [3.63, 3.8) is 0 Å². The molecule has 1 aliphatic heterocycles. The van der Waals surface area contributed by atoms with Crippen molar-refractivity contribution in [2.75, 3.05) is 18.4 Å². The first-order valence-corrected chi connectivity index (χ1v) is 7.97. The summed E-state index contributed by atoms with van der Waals surface area (Å²) in [4.78, 5) is 11.6. The molecule has 1 atom stereocenters. The highest BCUT2D eigenvalue weighted by Gasteiger charge is 2.34. The Bertz CT molecular complexity index is 499. The zero-order valence-electron chi connectivity index (χ0n) is 12.5. The minimum atomic E-state index is 0.292. The monoisotopic (exact) mass is 294 g/mol. The summed E-state index contributed by atoms with van der Waals surface area (Å²) in [6, 6.07) is 1.34. The molecule has 2 fully saturated rings. The first-order valence-electron chi connectivity index (χ1n) is 7.59. The average Bonchev–Trinajstić information content (AvgIpc) is 3.15. The van der Waals surface area contributed by atoms with Gasteiger partial charge in [0, 0.05) is 36.7 Å². The Morgan fingerprint density at radius 1 is 1.25 bits per heavy atom. The molecular formula is C15H23ClN4. The van der Waals surface area contributed by atoms with Gasteiger partial charge in [0.1, 0.15) is 16.8 Å². The summed E-state index contributed by atoms with van der Waals surface area (Å²) in [6.45, 7) is 8.51. The molecule has 2 heterocycles. The van der Waals surface area contributed by atoms with Gasteiger partial charge in [0.2, 0.25) is 0 Å². The number of halogens is 1. The fourth-order valence-electron chi connectivity index (χ4n) is 2.77.